The number of nitrogens with one attached hydrogen (secondary N) is 1. The Bertz CT molecular complexity index is 434. The summed E-state index contributed by atoms with van der Waals surface area (Å²) in [5, 5.41) is 2.71. The van der Waals surface area contributed by atoms with Crippen molar-refractivity contribution in [2.45, 2.75) is 13.8 Å². The number of hydrogen-bond acceptors (Lipinski definition) is 4. The topological polar surface area (TPSA) is 67.4 Å². The molecule has 6 heteroatoms. The largest absolute Gasteiger partial charge is 0.479 e. The first-order valence-electron chi connectivity index (χ1n) is 5.62. The predicted octanol–water partition coefficient (Wildman–Crippen LogP) is 1.92. The van der Waals surface area contributed by atoms with Gasteiger partial charge in [0.1, 0.15) is 12.0 Å². The fraction of sp³-hybridized carbons (Fsp3) is 0.417. The van der Waals surface area contributed by atoms with E-state index < -0.39 is 0 Å². The van der Waals surface area contributed by atoms with Gasteiger partial charge in [-0.3, -0.25) is 0 Å². The first kappa shape index (κ1) is 14.0. The third kappa shape index (κ3) is 3.73. The SMILES string of the molecule is C=C(C)CN(CC)C(=O)Nc1cncnc1OC. The second-order valence-electron chi connectivity index (χ2n) is 3.85. The van der Waals surface area contributed by atoms with E-state index in [9.17, 15) is 4.79 Å². The van der Waals surface area contributed by atoms with Crippen LogP contribution in [0.5, 0.6) is 5.88 Å². The number of rotatable bonds is 5. The molecule has 0 aliphatic carbocycles. The Hall–Kier alpha value is -2.11. The molecule has 0 saturated heterocycles. The standard InChI is InChI=1S/C12H18N4O2/c1-5-16(7-9(2)3)12(17)15-10-6-13-8-14-11(10)18-4/h6,8H,2,5,7H2,1,3-4H3,(H,15,17). The molecule has 0 radical (unpaired) electrons. The number of urea groups is 1. The van der Waals surface area contributed by atoms with Crippen molar-refractivity contribution in [2.75, 3.05) is 25.5 Å². The van der Waals surface area contributed by atoms with Gasteiger partial charge in [0, 0.05) is 13.1 Å². The Morgan fingerprint density at radius 1 is 1.61 bits per heavy atom. The van der Waals surface area contributed by atoms with Gasteiger partial charge in [-0.15, -0.1) is 0 Å². The minimum atomic E-state index is -0.228. The van der Waals surface area contributed by atoms with E-state index in [1.54, 1.807) is 4.90 Å². The van der Waals surface area contributed by atoms with Crippen LogP contribution < -0.4 is 10.1 Å². The quantitative estimate of drug-likeness (QED) is 0.811. The Labute approximate surface area is 107 Å². The normalized spacial score (nSPS) is 9.72. The molecule has 6 nitrogen and oxygen atoms in total. The van der Waals surface area contributed by atoms with Crippen molar-refractivity contribution < 1.29 is 9.53 Å². The van der Waals surface area contributed by atoms with Crippen molar-refractivity contribution in [1.29, 1.82) is 0 Å². The van der Waals surface area contributed by atoms with Crippen LogP contribution in [0.15, 0.2) is 24.7 Å². The van der Waals surface area contributed by atoms with Gasteiger partial charge in [-0.05, 0) is 13.8 Å². The van der Waals surface area contributed by atoms with E-state index in [0.29, 0.717) is 24.7 Å². The van der Waals surface area contributed by atoms with Gasteiger partial charge in [-0.2, -0.15) is 4.98 Å². The van der Waals surface area contributed by atoms with Crippen molar-refractivity contribution >= 4 is 11.7 Å². The molecule has 0 unspecified atom stereocenters. The van der Waals surface area contributed by atoms with Crippen LogP contribution in [0.3, 0.4) is 0 Å². The highest BCUT2D eigenvalue weighted by molar-refractivity contribution is 5.90. The second kappa shape index (κ2) is 6.58. The number of aromatic nitrogens is 2. The smallest absolute Gasteiger partial charge is 0.322 e. The highest BCUT2D eigenvalue weighted by Crippen LogP contribution is 2.18. The molecule has 18 heavy (non-hydrogen) atoms. The summed E-state index contributed by atoms with van der Waals surface area (Å²) in [6.07, 6.45) is 2.86. The maximum Gasteiger partial charge on any atom is 0.322 e. The van der Waals surface area contributed by atoms with Crippen LogP contribution in [0, 0.1) is 0 Å². The van der Waals surface area contributed by atoms with Crippen molar-refractivity contribution in [3.8, 4) is 5.88 Å². The molecule has 1 aromatic rings. The average molecular weight is 250 g/mol. The Balaban J connectivity index is 2.76. The lowest BCUT2D eigenvalue weighted by atomic mass is 10.3. The summed E-state index contributed by atoms with van der Waals surface area (Å²) < 4.78 is 5.04. The molecule has 0 fully saturated rings. The number of amides is 2. The molecule has 2 amide bonds. The molecule has 0 bridgehead atoms. The zero-order valence-electron chi connectivity index (χ0n) is 10.9. The summed E-state index contributed by atoms with van der Waals surface area (Å²) in [5.74, 6) is 0.338. The van der Waals surface area contributed by atoms with Crippen LogP contribution in [-0.2, 0) is 0 Å². The van der Waals surface area contributed by atoms with Crippen molar-refractivity contribution in [3.05, 3.63) is 24.7 Å². The number of anilines is 1. The van der Waals surface area contributed by atoms with Crippen LogP contribution in [-0.4, -0.2) is 41.1 Å². The van der Waals surface area contributed by atoms with E-state index in [0.717, 1.165) is 5.57 Å². The molecule has 1 rings (SSSR count). The van der Waals surface area contributed by atoms with E-state index >= 15 is 0 Å². The van der Waals surface area contributed by atoms with Crippen LogP contribution in [0.25, 0.3) is 0 Å². The van der Waals surface area contributed by atoms with Crippen LogP contribution >= 0.6 is 0 Å². The molecule has 0 aliphatic heterocycles. The predicted molar refractivity (Wildman–Crippen MR) is 69.7 cm³/mol. The van der Waals surface area contributed by atoms with Gasteiger partial charge in [0.2, 0.25) is 5.88 Å². The van der Waals surface area contributed by atoms with Crippen molar-refractivity contribution in [3.63, 3.8) is 0 Å². The lowest BCUT2D eigenvalue weighted by Crippen LogP contribution is -2.36. The third-order valence-electron chi connectivity index (χ3n) is 2.24. The van der Waals surface area contributed by atoms with Crippen LogP contribution in [0.4, 0.5) is 10.5 Å². The number of carbonyl (C=O) groups is 1. The summed E-state index contributed by atoms with van der Waals surface area (Å²) in [5.41, 5.74) is 1.37. The summed E-state index contributed by atoms with van der Waals surface area (Å²) in [7, 11) is 1.49. The highest BCUT2D eigenvalue weighted by atomic mass is 16.5. The lowest BCUT2D eigenvalue weighted by molar-refractivity contribution is 0.218. The van der Waals surface area contributed by atoms with E-state index in [2.05, 4.69) is 21.9 Å². The summed E-state index contributed by atoms with van der Waals surface area (Å²) in [4.78, 5) is 21.4. The number of methoxy groups -OCH3 is 1. The second-order valence-corrected chi connectivity index (χ2v) is 3.85. The van der Waals surface area contributed by atoms with Gasteiger partial charge < -0.3 is 15.0 Å². The fourth-order valence-electron chi connectivity index (χ4n) is 1.41. The first-order valence-corrected chi connectivity index (χ1v) is 5.62. The van der Waals surface area contributed by atoms with Crippen molar-refractivity contribution in [2.24, 2.45) is 0 Å². The molecule has 0 aromatic carbocycles. The maximum atomic E-state index is 12.0. The van der Waals surface area contributed by atoms with Crippen LogP contribution in [0.2, 0.25) is 0 Å². The van der Waals surface area contributed by atoms with E-state index in [4.69, 9.17) is 4.74 Å². The monoisotopic (exact) mass is 250 g/mol. The molecule has 0 aliphatic rings. The van der Waals surface area contributed by atoms with E-state index in [-0.39, 0.29) is 6.03 Å². The lowest BCUT2D eigenvalue weighted by Gasteiger charge is -2.21. The Kier molecular flexibility index (Phi) is 5.10. The van der Waals surface area contributed by atoms with Gasteiger partial charge in [-0.25, -0.2) is 9.78 Å². The van der Waals surface area contributed by atoms with Gasteiger partial charge in [-0.1, -0.05) is 12.2 Å². The minimum Gasteiger partial charge on any atom is -0.479 e. The number of ether oxygens (including phenoxy) is 1. The number of nitrogens with zero attached hydrogens (tertiary/aromatic N) is 3. The van der Waals surface area contributed by atoms with Crippen molar-refractivity contribution in [1.82, 2.24) is 14.9 Å². The van der Waals surface area contributed by atoms with Gasteiger partial charge in [0.05, 0.1) is 13.3 Å². The number of carbonyl (C=O) groups excluding carboxylic acids is 1. The van der Waals surface area contributed by atoms with Gasteiger partial charge >= 0.3 is 6.03 Å². The molecule has 1 N–H and O–H groups in total. The van der Waals surface area contributed by atoms with Gasteiger partial charge in [0.15, 0.2) is 0 Å². The zero-order chi connectivity index (χ0) is 13.5. The molecular weight excluding hydrogens is 232 g/mol. The maximum absolute atomic E-state index is 12.0. The van der Waals surface area contributed by atoms with Crippen LogP contribution in [0.1, 0.15) is 13.8 Å². The summed E-state index contributed by atoms with van der Waals surface area (Å²) in [6, 6.07) is -0.228. The Morgan fingerprint density at radius 3 is 2.89 bits per heavy atom. The molecule has 98 valence electrons. The first-order chi connectivity index (χ1) is 8.58. The molecule has 0 saturated carbocycles. The minimum absolute atomic E-state index is 0.228. The van der Waals surface area contributed by atoms with E-state index in [1.165, 1.54) is 19.6 Å². The molecule has 1 aromatic heterocycles. The third-order valence-corrected chi connectivity index (χ3v) is 2.24. The molecular formula is C12H18N4O2. The zero-order valence-corrected chi connectivity index (χ0v) is 10.9. The Morgan fingerprint density at radius 2 is 2.33 bits per heavy atom. The molecule has 0 atom stereocenters. The highest BCUT2D eigenvalue weighted by Gasteiger charge is 2.14. The number of likely N-dealkylation sites (N-methyl/N-ethyl adjacent to an activating group) is 1. The average Bonchev–Trinajstić information content (AvgIpc) is 2.36. The molecule has 0 spiro atoms. The van der Waals surface area contributed by atoms with E-state index in [1.807, 2.05) is 13.8 Å². The summed E-state index contributed by atoms with van der Waals surface area (Å²) in [6.45, 7) is 8.68. The fourth-order valence-corrected chi connectivity index (χ4v) is 1.41. The molecule has 1 heterocycles. The number of hydrogen-bond donors (Lipinski definition) is 1. The summed E-state index contributed by atoms with van der Waals surface area (Å²) >= 11 is 0. The van der Waals surface area contributed by atoms with Gasteiger partial charge in [0.25, 0.3) is 0 Å².